The van der Waals surface area contributed by atoms with E-state index in [1.807, 2.05) is 12.1 Å². The average molecular weight is 287 g/mol. The van der Waals surface area contributed by atoms with Gasteiger partial charge in [0, 0.05) is 21.0 Å². The summed E-state index contributed by atoms with van der Waals surface area (Å²) in [5.41, 5.74) is 7.72. The number of benzene rings is 2. The van der Waals surface area contributed by atoms with Crippen molar-refractivity contribution in [3.05, 3.63) is 53.1 Å². The normalized spacial score (nSPS) is 10.2. The van der Waals surface area contributed by atoms with Gasteiger partial charge in [-0.1, -0.05) is 30.0 Å². The van der Waals surface area contributed by atoms with Crippen molar-refractivity contribution < 1.29 is 14.7 Å². The van der Waals surface area contributed by atoms with Crippen LogP contribution < -0.4 is 5.73 Å². The Labute approximate surface area is 120 Å². The van der Waals surface area contributed by atoms with E-state index in [1.54, 1.807) is 25.1 Å². The molecule has 0 spiro atoms. The highest BCUT2D eigenvalue weighted by atomic mass is 32.2. The number of carboxylic acids is 1. The van der Waals surface area contributed by atoms with E-state index >= 15 is 0 Å². The van der Waals surface area contributed by atoms with Crippen LogP contribution in [0.3, 0.4) is 0 Å². The Hall–Kier alpha value is -2.27. The molecule has 0 aliphatic carbocycles. The summed E-state index contributed by atoms with van der Waals surface area (Å²) in [6.45, 7) is 1.68. The highest BCUT2D eigenvalue weighted by molar-refractivity contribution is 7.99. The predicted octanol–water partition coefficient (Wildman–Crippen LogP) is 3.24. The molecule has 0 radical (unpaired) electrons. The standard InChI is InChI=1S/C15H13NO3S/c1-9-11(15(18)19)6-7-13(14(9)16)20-12-5-3-2-4-10(12)8-17/h2-8H,16H2,1H3,(H,18,19). The van der Waals surface area contributed by atoms with E-state index in [4.69, 9.17) is 10.8 Å². The van der Waals surface area contributed by atoms with Crippen molar-refractivity contribution in [1.29, 1.82) is 0 Å². The fourth-order valence-corrected chi connectivity index (χ4v) is 2.83. The van der Waals surface area contributed by atoms with Gasteiger partial charge in [-0.05, 0) is 30.7 Å². The zero-order valence-corrected chi connectivity index (χ0v) is 11.6. The molecule has 2 rings (SSSR count). The number of anilines is 1. The van der Waals surface area contributed by atoms with Crippen LogP contribution >= 0.6 is 11.8 Å². The molecule has 0 amide bonds. The van der Waals surface area contributed by atoms with Gasteiger partial charge in [0.25, 0.3) is 0 Å². The monoisotopic (exact) mass is 287 g/mol. The Balaban J connectivity index is 2.42. The summed E-state index contributed by atoms with van der Waals surface area (Å²) in [5.74, 6) is -1.00. The maximum atomic E-state index is 11.0. The molecular weight excluding hydrogens is 274 g/mol. The summed E-state index contributed by atoms with van der Waals surface area (Å²) < 4.78 is 0. The van der Waals surface area contributed by atoms with Gasteiger partial charge in [-0.15, -0.1) is 0 Å². The summed E-state index contributed by atoms with van der Waals surface area (Å²) in [7, 11) is 0. The van der Waals surface area contributed by atoms with Crippen molar-refractivity contribution in [3.63, 3.8) is 0 Å². The fraction of sp³-hybridized carbons (Fsp3) is 0.0667. The number of nitrogens with two attached hydrogens (primary N) is 1. The first-order valence-corrected chi connectivity index (χ1v) is 6.70. The molecule has 0 saturated heterocycles. The van der Waals surface area contributed by atoms with Gasteiger partial charge in [0.2, 0.25) is 0 Å². The average Bonchev–Trinajstić information content (AvgIpc) is 2.44. The first-order valence-electron chi connectivity index (χ1n) is 5.89. The number of rotatable bonds is 4. The Morgan fingerprint density at radius 1 is 1.20 bits per heavy atom. The lowest BCUT2D eigenvalue weighted by Crippen LogP contribution is -2.03. The lowest BCUT2D eigenvalue weighted by molar-refractivity contribution is 0.0696. The number of nitrogen functional groups attached to an aromatic ring is 1. The first-order chi connectivity index (χ1) is 9.54. The molecule has 0 unspecified atom stereocenters. The third-order valence-electron chi connectivity index (χ3n) is 2.97. The van der Waals surface area contributed by atoms with Crippen molar-refractivity contribution >= 4 is 29.7 Å². The molecule has 0 aliphatic heterocycles. The lowest BCUT2D eigenvalue weighted by Gasteiger charge is -2.11. The summed E-state index contributed by atoms with van der Waals surface area (Å²) in [6, 6.07) is 10.4. The minimum atomic E-state index is -1.00. The molecule has 4 nitrogen and oxygen atoms in total. The third-order valence-corrected chi connectivity index (χ3v) is 4.14. The van der Waals surface area contributed by atoms with Gasteiger partial charge >= 0.3 is 5.97 Å². The Morgan fingerprint density at radius 3 is 2.55 bits per heavy atom. The Kier molecular flexibility index (Phi) is 4.10. The number of carboxylic acid groups (broad SMARTS) is 1. The van der Waals surface area contributed by atoms with Gasteiger partial charge in [0.05, 0.1) is 5.56 Å². The van der Waals surface area contributed by atoms with E-state index in [-0.39, 0.29) is 5.56 Å². The van der Waals surface area contributed by atoms with E-state index in [1.165, 1.54) is 17.8 Å². The summed E-state index contributed by atoms with van der Waals surface area (Å²) >= 11 is 1.35. The van der Waals surface area contributed by atoms with Crippen LogP contribution in [0, 0.1) is 6.92 Å². The van der Waals surface area contributed by atoms with Gasteiger partial charge in [-0.25, -0.2) is 4.79 Å². The van der Waals surface area contributed by atoms with E-state index in [0.29, 0.717) is 16.8 Å². The highest BCUT2D eigenvalue weighted by Crippen LogP contribution is 2.36. The largest absolute Gasteiger partial charge is 0.478 e. The molecule has 0 atom stereocenters. The predicted molar refractivity (Wildman–Crippen MR) is 78.5 cm³/mol. The zero-order valence-electron chi connectivity index (χ0n) is 10.8. The Morgan fingerprint density at radius 2 is 1.90 bits per heavy atom. The first kappa shape index (κ1) is 14.1. The topological polar surface area (TPSA) is 80.4 Å². The van der Waals surface area contributed by atoms with Crippen LogP contribution in [0.5, 0.6) is 0 Å². The fourth-order valence-electron chi connectivity index (χ4n) is 1.81. The SMILES string of the molecule is Cc1c(C(=O)O)ccc(Sc2ccccc2C=O)c1N. The third kappa shape index (κ3) is 2.67. The molecule has 5 heteroatoms. The van der Waals surface area contributed by atoms with Gasteiger partial charge in [-0.3, -0.25) is 4.79 Å². The van der Waals surface area contributed by atoms with Crippen LogP contribution in [0.2, 0.25) is 0 Å². The van der Waals surface area contributed by atoms with E-state index in [2.05, 4.69) is 0 Å². The summed E-state index contributed by atoms with van der Waals surface area (Å²) in [5, 5.41) is 9.04. The van der Waals surface area contributed by atoms with Crippen LogP contribution in [0.4, 0.5) is 5.69 Å². The zero-order chi connectivity index (χ0) is 14.7. The molecule has 2 aromatic rings. The number of aromatic carboxylic acids is 1. The summed E-state index contributed by atoms with van der Waals surface area (Å²) in [6.07, 6.45) is 0.789. The molecule has 0 fully saturated rings. The molecule has 102 valence electrons. The molecule has 0 heterocycles. The second kappa shape index (κ2) is 5.79. The van der Waals surface area contributed by atoms with Gasteiger partial charge in [0.1, 0.15) is 0 Å². The van der Waals surface area contributed by atoms with Crippen molar-refractivity contribution in [2.45, 2.75) is 16.7 Å². The molecular formula is C15H13NO3S. The molecule has 2 aromatic carbocycles. The number of carbonyl (C=O) groups excluding carboxylic acids is 1. The Bertz CT molecular complexity index is 683. The number of carbonyl (C=O) groups is 2. The van der Waals surface area contributed by atoms with Gasteiger partial charge in [0.15, 0.2) is 6.29 Å². The number of aldehydes is 1. The van der Waals surface area contributed by atoms with Crippen LogP contribution in [-0.4, -0.2) is 17.4 Å². The van der Waals surface area contributed by atoms with Crippen LogP contribution in [0.25, 0.3) is 0 Å². The minimum Gasteiger partial charge on any atom is -0.478 e. The smallest absolute Gasteiger partial charge is 0.336 e. The van der Waals surface area contributed by atoms with Crippen molar-refractivity contribution in [2.24, 2.45) is 0 Å². The second-order valence-electron chi connectivity index (χ2n) is 4.21. The molecule has 20 heavy (non-hydrogen) atoms. The van der Waals surface area contributed by atoms with E-state index < -0.39 is 5.97 Å². The van der Waals surface area contributed by atoms with Crippen LogP contribution in [0.15, 0.2) is 46.2 Å². The second-order valence-corrected chi connectivity index (χ2v) is 5.30. The summed E-state index contributed by atoms with van der Waals surface area (Å²) in [4.78, 5) is 23.6. The van der Waals surface area contributed by atoms with E-state index in [9.17, 15) is 9.59 Å². The van der Waals surface area contributed by atoms with Gasteiger partial charge in [-0.2, -0.15) is 0 Å². The maximum absolute atomic E-state index is 11.0. The van der Waals surface area contributed by atoms with Crippen LogP contribution in [0.1, 0.15) is 26.3 Å². The van der Waals surface area contributed by atoms with Gasteiger partial charge < -0.3 is 10.8 Å². The maximum Gasteiger partial charge on any atom is 0.336 e. The van der Waals surface area contributed by atoms with E-state index in [0.717, 1.165) is 16.1 Å². The number of hydrogen-bond donors (Lipinski definition) is 2. The molecule has 0 aliphatic rings. The van der Waals surface area contributed by atoms with Crippen LogP contribution in [-0.2, 0) is 0 Å². The highest BCUT2D eigenvalue weighted by Gasteiger charge is 2.13. The minimum absolute atomic E-state index is 0.190. The van der Waals surface area contributed by atoms with Crippen molar-refractivity contribution in [3.8, 4) is 0 Å². The molecule has 0 aromatic heterocycles. The molecule has 0 saturated carbocycles. The quantitative estimate of drug-likeness (QED) is 0.666. The lowest BCUT2D eigenvalue weighted by atomic mass is 10.1. The molecule has 3 N–H and O–H groups in total. The number of hydrogen-bond acceptors (Lipinski definition) is 4. The van der Waals surface area contributed by atoms with Crippen molar-refractivity contribution in [2.75, 3.05) is 5.73 Å². The molecule has 0 bridgehead atoms. The van der Waals surface area contributed by atoms with Crippen molar-refractivity contribution in [1.82, 2.24) is 0 Å².